The Morgan fingerprint density at radius 3 is 1.06 bits per heavy atom. The first-order valence-electron chi connectivity index (χ1n) is 16.7. The molecule has 0 atom stereocenters. The predicted molar refractivity (Wildman–Crippen MR) is 204 cm³/mol. The van der Waals surface area contributed by atoms with Crippen molar-refractivity contribution in [3.63, 3.8) is 0 Å². The maximum absolute atomic E-state index is 13.7. The normalized spacial score (nSPS) is 11.0. The second-order valence-electron chi connectivity index (χ2n) is 12.3. The van der Waals surface area contributed by atoms with E-state index in [1.807, 2.05) is 109 Å². The van der Waals surface area contributed by atoms with E-state index in [-0.39, 0.29) is 11.5 Å². The lowest BCUT2D eigenvalue weighted by atomic mass is 9.92. The van der Waals surface area contributed by atoms with Gasteiger partial charge in [0.2, 0.25) is 0 Å². The Balaban J connectivity index is 1.18. The van der Waals surface area contributed by atoms with Crippen molar-refractivity contribution in [3.8, 4) is 56.4 Å². The molecule has 0 spiro atoms. The molecule has 8 aromatic carbocycles. The highest BCUT2D eigenvalue weighted by molar-refractivity contribution is 6.11. The van der Waals surface area contributed by atoms with Crippen LogP contribution in [0.2, 0.25) is 0 Å². The number of rotatable bonds is 7. The summed E-state index contributed by atoms with van der Waals surface area (Å²) in [5, 5.41) is 22.8. The third-order valence-corrected chi connectivity index (χ3v) is 9.08. The molecule has 6 heteroatoms. The molecule has 0 aromatic heterocycles. The first kappa shape index (κ1) is 32.0. The van der Waals surface area contributed by atoms with Crippen LogP contribution in [0.5, 0.6) is 23.0 Å². The molecule has 0 saturated heterocycles. The summed E-state index contributed by atoms with van der Waals surface area (Å²) in [6, 6.07) is 50.9. The Hall–Kier alpha value is -7.18. The van der Waals surface area contributed by atoms with Gasteiger partial charge in [-0.3, -0.25) is 0 Å². The maximum atomic E-state index is 13.7. The molecule has 0 saturated carbocycles. The van der Waals surface area contributed by atoms with Gasteiger partial charge in [-0.05, 0) is 104 Å². The van der Waals surface area contributed by atoms with Crippen LogP contribution in [0.15, 0.2) is 170 Å². The highest BCUT2D eigenvalue weighted by Crippen LogP contribution is 2.46. The summed E-state index contributed by atoms with van der Waals surface area (Å²) in [5.74, 6) is -0.0845. The zero-order chi connectivity index (χ0) is 35.6. The quantitative estimate of drug-likeness (QED) is 0.129. The number of phenolic OH excluding ortho intramolecular Hbond substituents is 2. The average molecular weight is 679 g/mol. The third kappa shape index (κ3) is 6.32. The van der Waals surface area contributed by atoms with Gasteiger partial charge in [0.05, 0.1) is 11.1 Å². The molecule has 0 amide bonds. The van der Waals surface area contributed by atoms with E-state index in [0.29, 0.717) is 33.8 Å². The number of phenols is 2. The lowest BCUT2D eigenvalue weighted by Crippen LogP contribution is -2.11. The summed E-state index contributed by atoms with van der Waals surface area (Å²) in [6.07, 6.45) is 0. The first-order valence-corrected chi connectivity index (χ1v) is 16.7. The molecule has 2 N–H and O–H groups in total. The number of carbonyl (C=O) groups is 2. The molecule has 0 aliphatic heterocycles. The van der Waals surface area contributed by atoms with Gasteiger partial charge >= 0.3 is 11.9 Å². The van der Waals surface area contributed by atoms with Gasteiger partial charge in [0.1, 0.15) is 23.0 Å². The Kier molecular flexibility index (Phi) is 8.39. The molecule has 250 valence electrons. The van der Waals surface area contributed by atoms with Crippen molar-refractivity contribution < 1.29 is 29.3 Å². The monoisotopic (exact) mass is 678 g/mol. The maximum Gasteiger partial charge on any atom is 0.343 e. The lowest BCUT2D eigenvalue weighted by molar-refractivity contribution is 0.0723. The van der Waals surface area contributed by atoms with Crippen molar-refractivity contribution in [1.29, 1.82) is 0 Å². The van der Waals surface area contributed by atoms with Crippen molar-refractivity contribution in [3.05, 3.63) is 181 Å². The number of benzene rings is 8. The van der Waals surface area contributed by atoms with Gasteiger partial charge < -0.3 is 19.7 Å². The summed E-state index contributed by atoms with van der Waals surface area (Å²) >= 11 is 0. The number of esters is 2. The predicted octanol–water partition coefficient (Wildman–Crippen LogP) is 10.8. The molecule has 6 nitrogen and oxygen atoms in total. The smallest absolute Gasteiger partial charge is 0.343 e. The van der Waals surface area contributed by atoms with E-state index < -0.39 is 11.9 Å². The summed E-state index contributed by atoms with van der Waals surface area (Å²) in [6.45, 7) is 0. The Morgan fingerprint density at radius 2 is 0.692 bits per heavy atom. The van der Waals surface area contributed by atoms with E-state index in [1.165, 1.54) is 0 Å². The Morgan fingerprint density at radius 1 is 0.365 bits per heavy atom. The summed E-state index contributed by atoms with van der Waals surface area (Å²) in [5.41, 5.74) is 5.55. The number of carbonyl (C=O) groups excluding carboxylic acids is 2. The number of hydrogen-bond donors (Lipinski definition) is 2. The van der Waals surface area contributed by atoms with Crippen molar-refractivity contribution in [2.24, 2.45) is 0 Å². The second kappa shape index (κ2) is 13.6. The largest absolute Gasteiger partial charge is 0.508 e. The summed E-state index contributed by atoms with van der Waals surface area (Å²) in [4.78, 5) is 27.5. The minimum atomic E-state index is -0.540. The number of hydrogen-bond acceptors (Lipinski definition) is 6. The standard InChI is InChI=1S/C46H30O6/c47-37-23-17-31(18-24-37)29-9-13-35(14-10-29)45(49)51-41-27-21-33-5-1-3-7-39(33)43(41)44-40-8-4-2-6-34(40)22-28-42(44)52-46(50)36-15-11-30(12-16-36)32-19-25-38(48)26-20-32/h1-28,47-48H. The van der Waals surface area contributed by atoms with Crippen molar-refractivity contribution in [1.82, 2.24) is 0 Å². The van der Waals surface area contributed by atoms with Crippen LogP contribution in [0, 0.1) is 0 Å². The molecular formula is C46H30O6. The van der Waals surface area contributed by atoms with Crippen LogP contribution in [0.3, 0.4) is 0 Å². The molecular weight excluding hydrogens is 649 g/mol. The van der Waals surface area contributed by atoms with Crippen LogP contribution in [0.4, 0.5) is 0 Å². The van der Waals surface area contributed by atoms with E-state index in [1.54, 1.807) is 60.7 Å². The molecule has 0 aliphatic rings. The van der Waals surface area contributed by atoms with Gasteiger partial charge in [-0.25, -0.2) is 9.59 Å². The zero-order valence-corrected chi connectivity index (χ0v) is 27.7. The topological polar surface area (TPSA) is 93.1 Å². The van der Waals surface area contributed by atoms with Gasteiger partial charge in [0.25, 0.3) is 0 Å². The van der Waals surface area contributed by atoms with Crippen molar-refractivity contribution in [2.45, 2.75) is 0 Å². The van der Waals surface area contributed by atoms with Crippen molar-refractivity contribution in [2.75, 3.05) is 0 Å². The van der Waals surface area contributed by atoms with E-state index in [0.717, 1.165) is 43.8 Å². The fraction of sp³-hybridized carbons (Fsp3) is 0. The lowest BCUT2D eigenvalue weighted by Gasteiger charge is -2.19. The first-order chi connectivity index (χ1) is 25.4. The molecule has 0 aliphatic carbocycles. The van der Waals surface area contributed by atoms with Gasteiger partial charge in [-0.15, -0.1) is 0 Å². The number of aromatic hydroxyl groups is 2. The minimum Gasteiger partial charge on any atom is -0.508 e. The molecule has 0 bridgehead atoms. The highest BCUT2D eigenvalue weighted by Gasteiger charge is 2.23. The van der Waals surface area contributed by atoms with Gasteiger partial charge in [-0.2, -0.15) is 0 Å². The second-order valence-corrected chi connectivity index (χ2v) is 12.3. The molecule has 0 fully saturated rings. The van der Waals surface area contributed by atoms with Crippen molar-refractivity contribution >= 4 is 33.5 Å². The fourth-order valence-electron chi connectivity index (χ4n) is 6.41. The Bertz CT molecular complexity index is 2410. The fourth-order valence-corrected chi connectivity index (χ4v) is 6.41. The van der Waals surface area contributed by atoms with Crippen LogP contribution >= 0.6 is 0 Å². The van der Waals surface area contributed by atoms with E-state index in [9.17, 15) is 19.8 Å². The number of ether oxygens (including phenoxy) is 2. The molecule has 0 unspecified atom stereocenters. The van der Waals surface area contributed by atoms with Crippen LogP contribution < -0.4 is 9.47 Å². The van der Waals surface area contributed by atoms with Gasteiger partial charge in [0, 0.05) is 11.1 Å². The third-order valence-electron chi connectivity index (χ3n) is 9.08. The van der Waals surface area contributed by atoms with E-state index in [4.69, 9.17) is 9.47 Å². The molecule has 0 heterocycles. The summed E-state index contributed by atoms with van der Waals surface area (Å²) < 4.78 is 12.4. The average Bonchev–Trinajstić information content (AvgIpc) is 3.19. The number of fused-ring (bicyclic) bond motifs is 2. The van der Waals surface area contributed by atoms with E-state index >= 15 is 0 Å². The van der Waals surface area contributed by atoms with Gasteiger partial charge in [-0.1, -0.05) is 109 Å². The Labute approximate surface area is 299 Å². The highest BCUT2D eigenvalue weighted by atomic mass is 16.5. The molecule has 8 rings (SSSR count). The zero-order valence-electron chi connectivity index (χ0n) is 27.7. The van der Waals surface area contributed by atoms with Crippen LogP contribution in [-0.2, 0) is 0 Å². The van der Waals surface area contributed by atoms with Crippen LogP contribution in [0.25, 0.3) is 54.9 Å². The molecule has 0 radical (unpaired) electrons. The van der Waals surface area contributed by atoms with Gasteiger partial charge in [0.15, 0.2) is 0 Å². The molecule has 52 heavy (non-hydrogen) atoms. The van der Waals surface area contributed by atoms with Crippen LogP contribution in [0.1, 0.15) is 20.7 Å². The summed E-state index contributed by atoms with van der Waals surface area (Å²) in [7, 11) is 0. The minimum absolute atomic E-state index is 0.180. The van der Waals surface area contributed by atoms with Crippen LogP contribution in [-0.4, -0.2) is 22.2 Å². The SMILES string of the molecule is O=C(Oc1ccc2ccccc2c1-c1c(OC(=O)c2ccc(-c3ccc(O)cc3)cc2)ccc2ccccc12)c1ccc(-c2ccc(O)cc2)cc1. The molecule has 8 aromatic rings. The van der Waals surface area contributed by atoms with E-state index in [2.05, 4.69) is 0 Å².